The highest BCUT2D eigenvalue weighted by atomic mass is 19.4. The molecular weight excluding hydrogens is 488 g/mol. The topological polar surface area (TPSA) is 107 Å². The number of alkyl halides is 3. The molecule has 1 aliphatic rings. The first-order valence-electron chi connectivity index (χ1n) is 10.8. The van der Waals surface area contributed by atoms with Crippen molar-refractivity contribution in [1.29, 1.82) is 0 Å². The van der Waals surface area contributed by atoms with Gasteiger partial charge < -0.3 is 24.6 Å². The molecule has 1 aliphatic heterocycles. The van der Waals surface area contributed by atoms with E-state index < -0.39 is 52.9 Å². The Morgan fingerprint density at radius 1 is 1.19 bits per heavy atom. The number of esters is 1. The molecule has 0 fully saturated rings. The largest absolute Gasteiger partial charge is 0.489 e. The Balaban J connectivity index is 2.20. The molecule has 36 heavy (non-hydrogen) atoms. The molecule has 0 radical (unpaired) electrons. The van der Waals surface area contributed by atoms with E-state index in [9.17, 15) is 32.3 Å². The van der Waals surface area contributed by atoms with Crippen LogP contribution in [0.2, 0.25) is 0 Å². The van der Waals surface area contributed by atoms with Crippen molar-refractivity contribution in [1.82, 2.24) is 10.3 Å². The van der Waals surface area contributed by atoms with E-state index in [1.807, 2.05) is 5.32 Å². The number of nitrogens with one attached hydrogen (secondary N) is 1. The van der Waals surface area contributed by atoms with Gasteiger partial charge in [0.05, 0.1) is 19.3 Å². The number of nitrogens with zero attached hydrogens (tertiary/aromatic N) is 1. The average molecular weight is 514 g/mol. The lowest BCUT2D eigenvalue weighted by molar-refractivity contribution is -0.265. The van der Waals surface area contributed by atoms with Gasteiger partial charge in [-0.25, -0.2) is 14.2 Å². The smallest absolute Gasteiger partial charge is 0.424 e. The highest BCUT2D eigenvalue weighted by Crippen LogP contribution is 2.48. The summed E-state index contributed by atoms with van der Waals surface area (Å²) in [5.74, 6) is -1.39. The van der Waals surface area contributed by atoms with E-state index in [0.717, 1.165) is 25.3 Å². The van der Waals surface area contributed by atoms with Gasteiger partial charge in [-0.15, -0.1) is 0 Å². The fourth-order valence-electron chi connectivity index (χ4n) is 3.64. The fourth-order valence-corrected chi connectivity index (χ4v) is 3.64. The molecule has 0 spiro atoms. The molecule has 3 rings (SSSR count). The Hall–Kier alpha value is -3.41. The number of carbonyl (C=O) groups is 2. The molecule has 2 heterocycles. The third-order valence-corrected chi connectivity index (χ3v) is 5.61. The molecule has 2 aromatic rings. The summed E-state index contributed by atoms with van der Waals surface area (Å²) in [7, 11) is 1.12. The lowest BCUT2D eigenvalue weighted by Crippen LogP contribution is -2.52. The zero-order valence-electron chi connectivity index (χ0n) is 20.2. The summed E-state index contributed by atoms with van der Waals surface area (Å²) < 4.78 is 71.8. The molecule has 0 saturated carbocycles. The van der Waals surface area contributed by atoms with Gasteiger partial charge in [-0.05, 0) is 58.0 Å². The summed E-state index contributed by atoms with van der Waals surface area (Å²) in [6, 6.07) is 5.58. The second-order valence-electron chi connectivity index (χ2n) is 9.57. The van der Waals surface area contributed by atoms with Gasteiger partial charge in [0.2, 0.25) is 5.60 Å². The third-order valence-electron chi connectivity index (χ3n) is 5.61. The van der Waals surface area contributed by atoms with Crippen LogP contribution in [-0.4, -0.2) is 54.2 Å². The average Bonchev–Trinajstić information content (AvgIpc) is 3.13. The summed E-state index contributed by atoms with van der Waals surface area (Å²) in [4.78, 5) is 28.6. The molecular formula is C24H26F4N2O6. The molecule has 0 bridgehead atoms. The van der Waals surface area contributed by atoms with Gasteiger partial charge in [0.15, 0.2) is 0 Å². The minimum absolute atomic E-state index is 0.0112. The highest BCUT2D eigenvalue weighted by Gasteiger charge is 2.58. The Labute approximate surface area is 204 Å². The van der Waals surface area contributed by atoms with Crippen molar-refractivity contribution in [2.75, 3.05) is 20.3 Å². The molecule has 2 N–H and O–H groups in total. The normalized spacial score (nSPS) is 19.1. The number of hydrogen-bond acceptors (Lipinski definition) is 7. The third kappa shape index (κ3) is 5.08. The van der Waals surface area contributed by atoms with Crippen molar-refractivity contribution >= 4 is 12.1 Å². The zero-order chi connectivity index (χ0) is 27.1. The number of fused-ring (bicyclic) bond motifs is 1. The fraction of sp³-hybridized carbons (Fsp3) is 0.458. The van der Waals surface area contributed by atoms with Crippen LogP contribution in [0.15, 0.2) is 30.3 Å². The Morgan fingerprint density at radius 2 is 1.81 bits per heavy atom. The first kappa shape index (κ1) is 27.2. The maximum absolute atomic E-state index is 14.3. The summed E-state index contributed by atoms with van der Waals surface area (Å²) in [5, 5.41) is 12.8. The number of amides is 1. The minimum atomic E-state index is -5.32. The molecule has 8 nitrogen and oxygen atoms in total. The summed E-state index contributed by atoms with van der Waals surface area (Å²) in [6.07, 6.45) is -6.50. The van der Waals surface area contributed by atoms with Gasteiger partial charge in [0.1, 0.15) is 34.9 Å². The van der Waals surface area contributed by atoms with Crippen LogP contribution in [0.4, 0.5) is 22.4 Å². The Morgan fingerprint density at radius 3 is 2.33 bits per heavy atom. The molecule has 0 saturated heterocycles. The van der Waals surface area contributed by atoms with Crippen molar-refractivity contribution in [2.24, 2.45) is 0 Å². The lowest BCUT2D eigenvalue weighted by Gasteiger charge is -2.32. The second kappa shape index (κ2) is 9.23. The number of alkyl carbamates (subject to hydrolysis) is 1. The number of benzene rings is 1. The number of ether oxygens (including phenoxy) is 3. The van der Waals surface area contributed by atoms with Gasteiger partial charge >= 0.3 is 18.2 Å². The molecule has 12 heteroatoms. The molecule has 196 valence electrons. The van der Waals surface area contributed by atoms with Crippen molar-refractivity contribution in [3.63, 3.8) is 0 Å². The van der Waals surface area contributed by atoms with Crippen LogP contribution in [0.5, 0.6) is 5.75 Å². The van der Waals surface area contributed by atoms with Crippen LogP contribution in [-0.2, 0) is 25.3 Å². The predicted molar refractivity (Wildman–Crippen MR) is 119 cm³/mol. The van der Waals surface area contributed by atoms with Crippen LogP contribution in [0.3, 0.4) is 0 Å². The van der Waals surface area contributed by atoms with Crippen LogP contribution in [0.1, 0.15) is 39.0 Å². The standard InChI is InChI=1S/C24H26F4N2O6/c1-21(2,3)36-20(32)29-11-23(33,24(26,27)28)16-10-15-18(35-12-22(15,4)19(31)34-5)17(30-16)13-6-8-14(25)9-7-13/h6-10,33H,11-12H2,1-5H3,(H,29,32)/t22-,23-/m0/s1. The molecule has 2 atom stereocenters. The number of carbonyl (C=O) groups excluding carboxylic acids is 2. The molecule has 1 aromatic heterocycles. The monoisotopic (exact) mass is 514 g/mol. The SMILES string of the molecule is COC(=O)[C@@]1(C)COc2c1cc([C@@](O)(CNC(=O)OC(C)(C)C)C(F)(F)F)nc2-c1ccc(F)cc1. The number of aliphatic hydroxyl groups is 1. The number of methoxy groups -OCH3 is 1. The van der Waals surface area contributed by atoms with E-state index in [0.29, 0.717) is 0 Å². The number of hydrogen-bond donors (Lipinski definition) is 2. The van der Waals surface area contributed by atoms with Crippen molar-refractivity contribution in [3.05, 3.63) is 47.4 Å². The number of rotatable bonds is 5. The number of halogens is 4. The predicted octanol–water partition coefficient (Wildman–Crippen LogP) is 3.99. The van der Waals surface area contributed by atoms with Crippen LogP contribution in [0, 0.1) is 5.82 Å². The van der Waals surface area contributed by atoms with Crippen LogP contribution >= 0.6 is 0 Å². The van der Waals surface area contributed by atoms with Crippen LogP contribution in [0.25, 0.3) is 11.3 Å². The van der Waals surface area contributed by atoms with Gasteiger partial charge in [-0.1, -0.05) is 0 Å². The summed E-state index contributed by atoms with van der Waals surface area (Å²) >= 11 is 0. The van der Waals surface area contributed by atoms with Gasteiger partial charge in [-0.3, -0.25) is 4.79 Å². The number of aromatic nitrogens is 1. The maximum atomic E-state index is 14.3. The van der Waals surface area contributed by atoms with Crippen LogP contribution < -0.4 is 10.1 Å². The molecule has 1 aromatic carbocycles. The Kier molecular flexibility index (Phi) is 6.97. The first-order chi connectivity index (χ1) is 16.5. The molecule has 0 aliphatic carbocycles. The second-order valence-corrected chi connectivity index (χ2v) is 9.57. The van der Waals surface area contributed by atoms with Gasteiger partial charge in [0, 0.05) is 11.1 Å². The summed E-state index contributed by atoms with van der Waals surface area (Å²) in [5.41, 5.74) is -7.12. The van der Waals surface area contributed by atoms with Crippen molar-refractivity contribution < 1.29 is 46.5 Å². The van der Waals surface area contributed by atoms with Crippen molar-refractivity contribution in [2.45, 2.75) is 50.5 Å². The van der Waals surface area contributed by atoms with E-state index in [-0.39, 0.29) is 29.2 Å². The van der Waals surface area contributed by atoms with E-state index in [2.05, 4.69) is 4.98 Å². The highest BCUT2D eigenvalue weighted by molar-refractivity contribution is 5.87. The first-order valence-corrected chi connectivity index (χ1v) is 10.8. The quantitative estimate of drug-likeness (QED) is 0.459. The van der Waals surface area contributed by atoms with E-state index in [1.54, 1.807) is 0 Å². The maximum Gasteiger partial charge on any atom is 0.424 e. The minimum Gasteiger partial charge on any atom is -0.489 e. The molecule has 0 unspecified atom stereocenters. The zero-order valence-corrected chi connectivity index (χ0v) is 20.2. The van der Waals surface area contributed by atoms with Gasteiger partial charge in [-0.2, -0.15) is 13.2 Å². The number of pyridine rings is 1. The lowest BCUT2D eigenvalue weighted by atomic mass is 9.82. The Bertz CT molecular complexity index is 1160. The van der Waals surface area contributed by atoms with E-state index in [4.69, 9.17) is 14.2 Å². The summed E-state index contributed by atoms with van der Waals surface area (Å²) in [6.45, 7) is 4.37. The van der Waals surface area contributed by atoms with Gasteiger partial charge in [0.25, 0.3) is 0 Å². The van der Waals surface area contributed by atoms with E-state index >= 15 is 0 Å². The van der Waals surface area contributed by atoms with E-state index in [1.165, 1.54) is 39.8 Å². The molecule has 1 amide bonds. The van der Waals surface area contributed by atoms with Crippen molar-refractivity contribution in [3.8, 4) is 17.0 Å².